The second-order valence-corrected chi connectivity index (χ2v) is 8.36. The average molecular weight is 455 g/mol. The smallest absolute Gasteiger partial charge is 0.355 e. The summed E-state index contributed by atoms with van der Waals surface area (Å²) in [5.41, 5.74) is 8.68. The van der Waals surface area contributed by atoms with Crippen molar-refractivity contribution in [1.82, 2.24) is 4.90 Å². The average Bonchev–Trinajstić information content (AvgIpc) is 2.85. The molecular weight excluding hydrogens is 432 g/mol. The Balaban J connectivity index is 1.62. The molecule has 0 saturated carbocycles. The fraction of sp³-hybridized carbons (Fsp3) is 0.261. The van der Waals surface area contributed by atoms with E-state index in [0.29, 0.717) is 28.2 Å². The third-order valence-corrected chi connectivity index (χ3v) is 6.69. The first-order valence-corrected chi connectivity index (χ1v) is 10.9. The summed E-state index contributed by atoms with van der Waals surface area (Å²) in [5, 5.41) is -0.302. The Bertz CT molecular complexity index is 1080. The van der Waals surface area contributed by atoms with Crippen LogP contribution >= 0.6 is 11.8 Å². The first-order valence-electron chi connectivity index (χ1n) is 9.86. The molecule has 32 heavy (non-hydrogen) atoms. The highest BCUT2D eigenvalue weighted by Gasteiger charge is 2.52. The largest absolute Gasteiger partial charge is 0.497 e. The summed E-state index contributed by atoms with van der Waals surface area (Å²) in [5.74, 6) is -0.188. The van der Waals surface area contributed by atoms with Gasteiger partial charge in [0.25, 0.3) is 0 Å². The van der Waals surface area contributed by atoms with Gasteiger partial charge in [-0.2, -0.15) is 0 Å². The minimum Gasteiger partial charge on any atom is -0.497 e. The minimum atomic E-state index is -0.646. The van der Waals surface area contributed by atoms with Gasteiger partial charge in [0.05, 0.1) is 19.8 Å². The van der Waals surface area contributed by atoms with Crippen LogP contribution in [-0.2, 0) is 25.7 Å². The standard InChI is InChI=1S/C23H22N2O6S/c1-29-16-9-3-13(4-10-16)11-31-23(28)19-17(12-32-21-18(24)20(26)25(19)21)14-5-7-15(8-6-14)22(27)30-2/h3-10,18,21H,11-12,24H2,1-2H3/t18-,21-/m0/s1. The van der Waals surface area contributed by atoms with Crippen LogP contribution in [0.3, 0.4) is 0 Å². The summed E-state index contributed by atoms with van der Waals surface area (Å²) in [4.78, 5) is 38.7. The molecule has 4 rings (SSSR count). The Morgan fingerprint density at radius 2 is 1.75 bits per heavy atom. The van der Waals surface area contributed by atoms with Gasteiger partial charge in [0.2, 0.25) is 5.91 Å². The van der Waals surface area contributed by atoms with Crippen molar-refractivity contribution in [2.75, 3.05) is 20.0 Å². The molecule has 2 heterocycles. The van der Waals surface area contributed by atoms with Gasteiger partial charge in [0.1, 0.15) is 29.5 Å². The van der Waals surface area contributed by atoms with Gasteiger partial charge in [-0.1, -0.05) is 24.3 Å². The summed E-state index contributed by atoms with van der Waals surface area (Å²) in [6.07, 6.45) is 0. The number of esters is 2. The second kappa shape index (κ2) is 9.05. The van der Waals surface area contributed by atoms with Crippen molar-refractivity contribution < 1.29 is 28.6 Å². The number of carbonyl (C=O) groups is 3. The Hall–Kier alpha value is -3.30. The molecule has 0 aromatic heterocycles. The van der Waals surface area contributed by atoms with Gasteiger partial charge >= 0.3 is 11.9 Å². The van der Waals surface area contributed by atoms with Gasteiger partial charge in [0, 0.05) is 11.3 Å². The maximum Gasteiger partial charge on any atom is 0.355 e. The quantitative estimate of drug-likeness (QED) is 0.523. The van der Waals surface area contributed by atoms with Gasteiger partial charge in [-0.25, -0.2) is 9.59 Å². The molecule has 0 bridgehead atoms. The summed E-state index contributed by atoms with van der Waals surface area (Å²) < 4.78 is 15.4. The third kappa shape index (κ3) is 3.96. The highest BCUT2D eigenvalue weighted by molar-refractivity contribution is 8.00. The molecule has 0 unspecified atom stereocenters. The predicted octanol–water partition coefficient (Wildman–Crippen LogP) is 2.18. The van der Waals surface area contributed by atoms with Crippen molar-refractivity contribution >= 4 is 35.2 Å². The van der Waals surface area contributed by atoms with Crippen LogP contribution in [0.25, 0.3) is 5.57 Å². The van der Waals surface area contributed by atoms with Crippen molar-refractivity contribution in [1.29, 1.82) is 0 Å². The Morgan fingerprint density at radius 3 is 2.38 bits per heavy atom. The zero-order chi connectivity index (χ0) is 22.8. The number of nitrogens with two attached hydrogens (primary N) is 1. The number of ether oxygens (including phenoxy) is 3. The third-order valence-electron chi connectivity index (χ3n) is 5.39. The zero-order valence-electron chi connectivity index (χ0n) is 17.6. The van der Waals surface area contributed by atoms with E-state index >= 15 is 0 Å². The molecule has 2 aliphatic rings. The number of rotatable bonds is 6. The van der Waals surface area contributed by atoms with E-state index in [-0.39, 0.29) is 23.6 Å². The summed E-state index contributed by atoms with van der Waals surface area (Å²) >= 11 is 1.49. The summed E-state index contributed by atoms with van der Waals surface area (Å²) in [7, 11) is 2.89. The molecule has 9 heteroatoms. The van der Waals surface area contributed by atoms with Crippen LogP contribution in [0.4, 0.5) is 0 Å². The van der Waals surface area contributed by atoms with E-state index in [1.807, 2.05) is 0 Å². The lowest BCUT2D eigenvalue weighted by Crippen LogP contribution is -2.68. The highest BCUT2D eigenvalue weighted by atomic mass is 32.2. The summed E-state index contributed by atoms with van der Waals surface area (Å²) in [6, 6.07) is 13.2. The molecule has 2 aromatic carbocycles. The second-order valence-electron chi connectivity index (χ2n) is 7.26. The molecular formula is C23H22N2O6S. The normalized spacial score (nSPS) is 19.7. The molecule has 2 N–H and O–H groups in total. The van der Waals surface area contributed by atoms with Crippen molar-refractivity contribution in [2.24, 2.45) is 5.73 Å². The lowest BCUT2D eigenvalue weighted by Gasteiger charge is -2.48. The predicted molar refractivity (Wildman–Crippen MR) is 119 cm³/mol. The molecule has 1 saturated heterocycles. The zero-order valence-corrected chi connectivity index (χ0v) is 18.4. The van der Waals surface area contributed by atoms with Crippen LogP contribution in [0, 0.1) is 0 Å². The first kappa shape index (κ1) is 21.9. The number of hydrogen-bond donors (Lipinski definition) is 1. The molecule has 2 atom stereocenters. The molecule has 2 aliphatic heterocycles. The Kier molecular flexibility index (Phi) is 6.20. The molecule has 166 valence electrons. The molecule has 0 spiro atoms. The fourth-order valence-electron chi connectivity index (χ4n) is 3.59. The Labute approximate surface area is 189 Å². The number of amides is 1. The molecule has 1 fully saturated rings. The maximum absolute atomic E-state index is 13.1. The molecule has 8 nitrogen and oxygen atoms in total. The lowest BCUT2D eigenvalue weighted by molar-refractivity contribution is -0.151. The van der Waals surface area contributed by atoms with Crippen LogP contribution in [-0.4, -0.2) is 54.1 Å². The van der Waals surface area contributed by atoms with Crippen LogP contribution in [0.15, 0.2) is 54.2 Å². The monoisotopic (exact) mass is 454 g/mol. The van der Waals surface area contributed by atoms with Gasteiger partial charge < -0.3 is 19.9 Å². The van der Waals surface area contributed by atoms with E-state index in [0.717, 1.165) is 5.56 Å². The number of fused-ring (bicyclic) bond motifs is 1. The van der Waals surface area contributed by atoms with E-state index in [1.54, 1.807) is 55.6 Å². The molecule has 2 aromatic rings. The van der Waals surface area contributed by atoms with Gasteiger partial charge in [0.15, 0.2) is 0 Å². The van der Waals surface area contributed by atoms with Crippen LogP contribution in [0.1, 0.15) is 21.5 Å². The maximum atomic E-state index is 13.1. The van der Waals surface area contributed by atoms with Crippen molar-refractivity contribution in [3.63, 3.8) is 0 Å². The van der Waals surface area contributed by atoms with Crippen molar-refractivity contribution in [3.8, 4) is 5.75 Å². The van der Waals surface area contributed by atoms with Crippen LogP contribution < -0.4 is 10.5 Å². The minimum absolute atomic E-state index is 0.0484. The van der Waals surface area contributed by atoms with Crippen LogP contribution in [0.2, 0.25) is 0 Å². The topological polar surface area (TPSA) is 108 Å². The van der Waals surface area contributed by atoms with Crippen molar-refractivity contribution in [3.05, 3.63) is 70.9 Å². The van der Waals surface area contributed by atoms with Gasteiger partial charge in [-0.05, 0) is 35.4 Å². The Morgan fingerprint density at radius 1 is 1.06 bits per heavy atom. The number of carbonyl (C=O) groups excluding carboxylic acids is 3. The number of benzene rings is 2. The van der Waals surface area contributed by atoms with Gasteiger partial charge in [-0.15, -0.1) is 11.8 Å². The van der Waals surface area contributed by atoms with Gasteiger partial charge in [-0.3, -0.25) is 9.69 Å². The molecule has 1 amide bonds. The van der Waals surface area contributed by atoms with Crippen molar-refractivity contribution in [2.45, 2.75) is 18.0 Å². The number of β-lactam (4-membered cyclic amide) rings is 1. The van der Waals surface area contributed by atoms with E-state index in [9.17, 15) is 14.4 Å². The fourth-order valence-corrected chi connectivity index (χ4v) is 4.91. The van der Waals surface area contributed by atoms with E-state index in [4.69, 9.17) is 19.9 Å². The highest BCUT2D eigenvalue weighted by Crippen LogP contribution is 2.43. The van der Waals surface area contributed by atoms with E-state index in [2.05, 4.69) is 0 Å². The molecule has 0 radical (unpaired) electrons. The van der Waals surface area contributed by atoms with E-state index < -0.39 is 18.0 Å². The SMILES string of the molecule is COC(=O)c1ccc(C2=C(C(=O)OCc3ccc(OC)cc3)N3C(=O)[C@H](N)[C@@H]3SC2)cc1. The number of thioether (sulfide) groups is 1. The summed E-state index contributed by atoms with van der Waals surface area (Å²) in [6.45, 7) is 0.0484. The first-order chi connectivity index (χ1) is 15.4. The van der Waals surface area contributed by atoms with Crippen LogP contribution in [0.5, 0.6) is 5.75 Å². The number of nitrogens with zero attached hydrogens (tertiary/aromatic N) is 1. The molecule has 0 aliphatic carbocycles. The number of methoxy groups -OCH3 is 2. The lowest BCUT2D eigenvalue weighted by atomic mass is 9.98. The van der Waals surface area contributed by atoms with E-state index in [1.165, 1.54) is 23.8 Å². The number of hydrogen-bond acceptors (Lipinski definition) is 8.